The van der Waals surface area contributed by atoms with Crippen LogP contribution in [0.2, 0.25) is 0 Å². The quantitative estimate of drug-likeness (QED) is 0.400. The van der Waals surface area contributed by atoms with Gasteiger partial charge >= 0.3 is 6.03 Å². The maximum absolute atomic E-state index is 13.6. The number of rotatable bonds is 6. The average molecular weight is 473 g/mol. The standard InChI is InChI=1S/C28H25FN2O4/c1-4-35-25-16-20(10-11-21(25)13-19-6-5-7-22(29)14-19)15-23-26(32)30-28(34)31(27(23)33)24-12-17(2)8-9-18(24)3/h5-12,14-16H,4,13H2,1-3H3,(H,30,32,34)/b23-15+. The summed E-state index contributed by atoms with van der Waals surface area (Å²) in [6.45, 7) is 5.91. The van der Waals surface area contributed by atoms with E-state index in [2.05, 4.69) is 5.32 Å². The van der Waals surface area contributed by atoms with E-state index in [0.29, 0.717) is 30.0 Å². The Balaban J connectivity index is 1.69. The first kappa shape index (κ1) is 23.9. The van der Waals surface area contributed by atoms with Crippen molar-refractivity contribution in [3.63, 3.8) is 0 Å². The number of aryl methyl sites for hydroxylation is 2. The molecule has 3 aromatic carbocycles. The van der Waals surface area contributed by atoms with Crippen molar-refractivity contribution in [1.82, 2.24) is 5.32 Å². The van der Waals surface area contributed by atoms with Crippen molar-refractivity contribution in [3.05, 3.63) is 99.9 Å². The summed E-state index contributed by atoms with van der Waals surface area (Å²) >= 11 is 0. The van der Waals surface area contributed by atoms with E-state index in [1.54, 1.807) is 31.2 Å². The van der Waals surface area contributed by atoms with E-state index in [1.807, 2.05) is 38.1 Å². The number of hydrogen-bond acceptors (Lipinski definition) is 4. The highest BCUT2D eigenvalue weighted by molar-refractivity contribution is 6.39. The minimum Gasteiger partial charge on any atom is -0.494 e. The van der Waals surface area contributed by atoms with Crippen molar-refractivity contribution in [2.24, 2.45) is 0 Å². The molecule has 1 heterocycles. The van der Waals surface area contributed by atoms with Crippen molar-refractivity contribution >= 4 is 29.6 Å². The molecule has 35 heavy (non-hydrogen) atoms. The first-order valence-corrected chi connectivity index (χ1v) is 11.3. The van der Waals surface area contributed by atoms with Gasteiger partial charge in [0.1, 0.15) is 17.1 Å². The lowest BCUT2D eigenvalue weighted by Gasteiger charge is -2.27. The van der Waals surface area contributed by atoms with Crippen LogP contribution in [0.3, 0.4) is 0 Å². The highest BCUT2D eigenvalue weighted by Crippen LogP contribution is 2.28. The Bertz CT molecular complexity index is 1360. The normalized spacial score (nSPS) is 14.9. The van der Waals surface area contributed by atoms with Gasteiger partial charge in [0.2, 0.25) is 0 Å². The fraction of sp³-hybridized carbons (Fsp3) is 0.179. The summed E-state index contributed by atoms with van der Waals surface area (Å²) in [7, 11) is 0. The molecule has 6 nitrogen and oxygen atoms in total. The van der Waals surface area contributed by atoms with Gasteiger partial charge in [-0.2, -0.15) is 0 Å². The van der Waals surface area contributed by atoms with E-state index in [0.717, 1.165) is 27.2 Å². The number of carbonyl (C=O) groups excluding carboxylic acids is 3. The van der Waals surface area contributed by atoms with Gasteiger partial charge < -0.3 is 4.74 Å². The lowest BCUT2D eigenvalue weighted by Crippen LogP contribution is -2.54. The van der Waals surface area contributed by atoms with E-state index >= 15 is 0 Å². The molecular formula is C28H25FN2O4. The molecule has 178 valence electrons. The molecule has 0 aromatic heterocycles. The molecule has 1 saturated heterocycles. The zero-order valence-electron chi connectivity index (χ0n) is 19.7. The smallest absolute Gasteiger partial charge is 0.335 e. The molecule has 4 rings (SSSR count). The van der Waals surface area contributed by atoms with Crippen LogP contribution in [-0.2, 0) is 16.0 Å². The molecule has 4 amide bonds. The fourth-order valence-corrected chi connectivity index (χ4v) is 3.97. The van der Waals surface area contributed by atoms with Crippen LogP contribution in [0.25, 0.3) is 6.08 Å². The Hall–Kier alpha value is -4.26. The number of benzene rings is 3. The van der Waals surface area contributed by atoms with E-state index < -0.39 is 17.8 Å². The Morgan fingerprint density at radius 1 is 1.00 bits per heavy atom. The molecule has 1 aliphatic rings. The Morgan fingerprint density at radius 2 is 1.80 bits per heavy atom. The summed E-state index contributed by atoms with van der Waals surface area (Å²) in [5.74, 6) is -1.21. The minimum absolute atomic E-state index is 0.161. The fourth-order valence-electron chi connectivity index (χ4n) is 3.97. The first-order valence-electron chi connectivity index (χ1n) is 11.3. The number of imide groups is 2. The molecule has 0 radical (unpaired) electrons. The molecule has 1 fully saturated rings. The maximum Gasteiger partial charge on any atom is 0.335 e. The number of ether oxygens (including phenoxy) is 1. The topological polar surface area (TPSA) is 75.7 Å². The first-order chi connectivity index (χ1) is 16.8. The lowest BCUT2D eigenvalue weighted by atomic mass is 10.00. The number of nitrogens with zero attached hydrogens (tertiary/aromatic N) is 1. The predicted octanol–water partition coefficient (Wildman–Crippen LogP) is 5.10. The van der Waals surface area contributed by atoms with Crippen molar-refractivity contribution < 1.29 is 23.5 Å². The molecule has 1 N–H and O–H groups in total. The van der Waals surface area contributed by atoms with Gasteiger partial charge in [-0.25, -0.2) is 14.1 Å². The second-order valence-corrected chi connectivity index (χ2v) is 8.35. The van der Waals surface area contributed by atoms with Gasteiger partial charge in [0, 0.05) is 6.42 Å². The van der Waals surface area contributed by atoms with Gasteiger partial charge in [-0.05, 0) is 78.9 Å². The van der Waals surface area contributed by atoms with E-state index in [9.17, 15) is 18.8 Å². The highest BCUT2D eigenvalue weighted by atomic mass is 19.1. The summed E-state index contributed by atoms with van der Waals surface area (Å²) < 4.78 is 19.4. The summed E-state index contributed by atoms with van der Waals surface area (Å²) in [4.78, 5) is 39.4. The maximum atomic E-state index is 13.6. The largest absolute Gasteiger partial charge is 0.494 e. The van der Waals surface area contributed by atoms with Gasteiger partial charge in [-0.15, -0.1) is 0 Å². The van der Waals surface area contributed by atoms with Crippen LogP contribution >= 0.6 is 0 Å². The lowest BCUT2D eigenvalue weighted by molar-refractivity contribution is -0.122. The van der Waals surface area contributed by atoms with Crippen molar-refractivity contribution in [2.45, 2.75) is 27.2 Å². The summed E-state index contributed by atoms with van der Waals surface area (Å²) in [5.41, 5.74) is 4.06. The molecule has 3 aromatic rings. The van der Waals surface area contributed by atoms with E-state index in [1.165, 1.54) is 18.2 Å². The van der Waals surface area contributed by atoms with Crippen LogP contribution in [0.4, 0.5) is 14.9 Å². The Labute approximate surface area is 203 Å². The summed E-state index contributed by atoms with van der Waals surface area (Å²) in [6, 6.07) is 16.3. The van der Waals surface area contributed by atoms with Crippen LogP contribution in [0.1, 0.15) is 34.7 Å². The monoisotopic (exact) mass is 472 g/mol. The van der Waals surface area contributed by atoms with Crippen LogP contribution in [0.15, 0.2) is 66.2 Å². The van der Waals surface area contributed by atoms with E-state index in [4.69, 9.17) is 4.74 Å². The number of urea groups is 1. The number of amides is 4. The predicted molar refractivity (Wildman–Crippen MR) is 132 cm³/mol. The zero-order valence-corrected chi connectivity index (χ0v) is 19.7. The van der Waals surface area contributed by atoms with Gasteiger partial charge in [-0.1, -0.05) is 36.4 Å². The van der Waals surface area contributed by atoms with Crippen LogP contribution < -0.4 is 15.0 Å². The molecule has 0 unspecified atom stereocenters. The van der Waals surface area contributed by atoms with Crippen molar-refractivity contribution in [1.29, 1.82) is 0 Å². The number of halogens is 1. The number of carbonyl (C=O) groups is 3. The molecule has 0 atom stereocenters. The summed E-state index contributed by atoms with van der Waals surface area (Å²) in [6.07, 6.45) is 1.90. The molecule has 1 aliphatic heterocycles. The third-order valence-corrected chi connectivity index (χ3v) is 5.69. The van der Waals surface area contributed by atoms with Crippen molar-refractivity contribution in [3.8, 4) is 5.75 Å². The molecule has 0 bridgehead atoms. The molecule has 0 spiro atoms. The Kier molecular flexibility index (Phi) is 6.78. The van der Waals surface area contributed by atoms with Gasteiger partial charge in [0.05, 0.1) is 12.3 Å². The minimum atomic E-state index is -0.786. The summed E-state index contributed by atoms with van der Waals surface area (Å²) in [5, 5.41) is 2.26. The SMILES string of the molecule is CCOc1cc(/C=C2\C(=O)NC(=O)N(c3cc(C)ccc3C)C2=O)ccc1Cc1cccc(F)c1. The van der Waals surface area contributed by atoms with Crippen LogP contribution in [0.5, 0.6) is 5.75 Å². The molecule has 0 aliphatic carbocycles. The number of hydrogen-bond donors (Lipinski definition) is 1. The van der Waals surface area contributed by atoms with Crippen molar-refractivity contribution in [2.75, 3.05) is 11.5 Å². The second kappa shape index (κ2) is 9.93. The molecular weight excluding hydrogens is 447 g/mol. The number of nitrogens with one attached hydrogen (secondary N) is 1. The molecule has 0 saturated carbocycles. The second-order valence-electron chi connectivity index (χ2n) is 8.35. The van der Waals surface area contributed by atoms with Gasteiger partial charge in [0.25, 0.3) is 11.8 Å². The third-order valence-electron chi connectivity index (χ3n) is 5.69. The van der Waals surface area contributed by atoms with Gasteiger partial charge in [-0.3, -0.25) is 14.9 Å². The molecule has 7 heteroatoms. The van der Waals surface area contributed by atoms with Crippen LogP contribution in [0, 0.1) is 19.7 Å². The Morgan fingerprint density at radius 3 is 2.54 bits per heavy atom. The third kappa shape index (κ3) is 5.14. The highest BCUT2D eigenvalue weighted by Gasteiger charge is 2.37. The average Bonchev–Trinajstić information content (AvgIpc) is 2.80. The van der Waals surface area contributed by atoms with Gasteiger partial charge in [0.15, 0.2) is 0 Å². The van der Waals surface area contributed by atoms with E-state index in [-0.39, 0.29) is 11.4 Å². The number of barbiturate groups is 1. The zero-order chi connectivity index (χ0) is 25.1. The number of anilines is 1. The van der Waals surface area contributed by atoms with Crippen LogP contribution in [-0.4, -0.2) is 24.5 Å².